The van der Waals surface area contributed by atoms with Crippen LogP contribution in [-0.2, 0) is 12.8 Å². The minimum absolute atomic E-state index is 0.00744. The molecule has 127 heavy (non-hydrogen) atoms. The molecule has 2 N–H and O–H groups in total. The van der Waals surface area contributed by atoms with E-state index in [1.54, 1.807) is 73.5 Å². The van der Waals surface area contributed by atoms with E-state index in [0.29, 0.717) is 61.7 Å². The van der Waals surface area contributed by atoms with Crippen LogP contribution in [0.4, 0.5) is 13.2 Å². The van der Waals surface area contributed by atoms with E-state index >= 15 is 0 Å². The Hall–Kier alpha value is -12.7. The van der Waals surface area contributed by atoms with Crippen LogP contribution in [0, 0.1) is 93.6 Å². The number of ether oxygens (including phenoxy) is 2. The summed E-state index contributed by atoms with van der Waals surface area (Å²) < 4.78 is 67.5. The average Bonchev–Trinajstić information content (AvgIpc) is 1.60. The van der Waals surface area contributed by atoms with Crippen LogP contribution in [0.25, 0.3) is 22.7 Å². The van der Waals surface area contributed by atoms with Crippen molar-refractivity contribution in [2.24, 2.45) is 0 Å². The molecule has 16 aromatic rings. The molecule has 9 aromatic heterocycles. The smallest absolute Gasteiger partial charge is 0.294 e. The van der Waals surface area contributed by atoms with E-state index in [9.17, 15) is 42.6 Å². The van der Waals surface area contributed by atoms with Gasteiger partial charge in [0.1, 0.15) is 29.0 Å². The predicted molar refractivity (Wildman–Crippen MR) is 497 cm³/mol. The zero-order valence-electron chi connectivity index (χ0n) is 72.0. The number of thiophene rings is 1. The van der Waals surface area contributed by atoms with Crippen LogP contribution >= 0.6 is 57.7 Å². The van der Waals surface area contributed by atoms with Crippen molar-refractivity contribution in [3.63, 3.8) is 0 Å². The maximum atomic E-state index is 14.1. The molecule has 652 valence electrons. The molecule has 0 radical (unpaired) electrons. The molecule has 4 atom stereocenters. The first-order valence-electron chi connectivity index (χ1n) is 40.6. The number of imidazole rings is 4. The Morgan fingerprint density at radius 3 is 1.13 bits per heavy atom. The van der Waals surface area contributed by atoms with Crippen molar-refractivity contribution in [2.45, 2.75) is 127 Å². The van der Waals surface area contributed by atoms with Gasteiger partial charge < -0.3 is 56.2 Å². The Morgan fingerprint density at radius 2 is 0.764 bits per heavy atom. The topological polar surface area (TPSA) is 218 Å². The number of aliphatic hydroxyl groups excluding tert-OH is 2. The fourth-order valence-corrected chi connectivity index (χ4v) is 16.7. The summed E-state index contributed by atoms with van der Waals surface area (Å²) in [6.07, 6.45) is 22.0. The molecule has 0 aliphatic heterocycles. The Morgan fingerprint density at radius 1 is 0.386 bits per heavy atom. The van der Waals surface area contributed by atoms with Gasteiger partial charge in [-0.1, -0.05) is 113 Å². The first-order valence-corrected chi connectivity index (χ1v) is 43.0. The molecule has 0 spiro atoms. The highest BCUT2D eigenvalue weighted by Crippen LogP contribution is 2.33. The lowest BCUT2D eigenvalue weighted by Gasteiger charge is -2.20. The molecule has 0 saturated heterocycles. The minimum Gasteiger partial charge on any atom is -0.451 e. The lowest BCUT2D eigenvalue weighted by atomic mass is 10.0. The van der Waals surface area contributed by atoms with Gasteiger partial charge >= 0.3 is 0 Å². The van der Waals surface area contributed by atoms with E-state index in [2.05, 4.69) is 32.1 Å². The first kappa shape index (κ1) is 92.0. The highest BCUT2D eigenvalue weighted by atomic mass is 35.5. The molecule has 0 unspecified atom stereocenters. The molecule has 0 saturated carbocycles. The van der Waals surface area contributed by atoms with Gasteiger partial charge in [0.15, 0.2) is 11.5 Å². The molecule has 9 heterocycles. The number of aromatic nitrogens is 12. The normalized spacial score (nSPS) is 12.1. The largest absolute Gasteiger partial charge is 0.451 e. The lowest BCUT2D eigenvalue weighted by molar-refractivity contribution is 0.246. The molecule has 0 aliphatic rings. The van der Waals surface area contributed by atoms with Crippen molar-refractivity contribution in [2.75, 3.05) is 13.2 Å². The predicted octanol–water partition coefficient (Wildman–Crippen LogP) is 21.8. The molecule has 0 fully saturated rings. The molecular weight excluding hydrogens is 1720 g/mol. The number of benzene rings is 7. The fraction of sp³-hybridized carbons (Fsp3) is 0.212. The van der Waals surface area contributed by atoms with E-state index in [0.717, 1.165) is 100 Å². The Kier molecular flexibility index (Phi) is 29.2. The number of aliphatic hydroxyl groups is 2. The summed E-state index contributed by atoms with van der Waals surface area (Å²) >= 11 is 26.8. The summed E-state index contributed by atoms with van der Waals surface area (Å²) in [5, 5.41) is 23.5. The third kappa shape index (κ3) is 22.1. The highest BCUT2D eigenvalue weighted by Gasteiger charge is 2.24. The molecule has 0 aliphatic carbocycles. The number of halogens is 7. The number of pyridine rings is 4. The Bertz CT molecular complexity index is 6910. The van der Waals surface area contributed by atoms with Crippen molar-refractivity contribution < 1.29 is 32.9 Å². The summed E-state index contributed by atoms with van der Waals surface area (Å²) in [6, 6.07) is 46.4. The molecule has 16 rings (SSSR count). The molecule has 0 bridgehead atoms. The first-order chi connectivity index (χ1) is 60.6. The van der Waals surface area contributed by atoms with E-state index in [4.69, 9.17) is 55.9 Å². The summed E-state index contributed by atoms with van der Waals surface area (Å²) in [5.41, 5.74) is 17.6. The van der Waals surface area contributed by atoms with Crippen LogP contribution in [0.5, 0.6) is 23.0 Å². The van der Waals surface area contributed by atoms with Crippen LogP contribution < -0.4 is 31.7 Å². The van der Waals surface area contributed by atoms with Gasteiger partial charge in [-0.2, -0.15) is 0 Å². The number of hydrogen-bond donors (Lipinski definition) is 2. The fourth-order valence-electron chi connectivity index (χ4n) is 15.0. The van der Waals surface area contributed by atoms with Gasteiger partial charge in [0.25, 0.3) is 22.2 Å². The summed E-state index contributed by atoms with van der Waals surface area (Å²) in [7, 11) is 0. The second-order valence-electron chi connectivity index (χ2n) is 31.5. The van der Waals surface area contributed by atoms with Crippen LogP contribution in [0.1, 0.15) is 144 Å². The monoisotopic (exact) mass is 1810 g/mol. The van der Waals surface area contributed by atoms with E-state index in [1.807, 2.05) is 216 Å². The SMILES string of the molecule is Cc1cc(F)cc([C@H](C)n2cc(Cl)cc(Oc3ccc(-n4cnc(C)c4)c(C)c3)c2=O)c1.Cc1ccc([C@H](CO)n2cc(Cl)cc(Cc3ccc(-n4cnc(C)c4)c(C)c3)c2=O)cc1.Cc1cn(-c2ccc(Cc3cc(Cl)cn([C@@H](CO)c4cccs4)c3=O)cc2C)cn1.Cc1cn(-c2ccc(Oc3cc(Cl)cn([C@@H](C)c4cc(F)c(C)c(F)c4)c3=O)cc2C)cn1. The van der Waals surface area contributed by atoms with Crippen molar-refractivity contribution in [3.05, 3.63) is 429 Å². The molecule has 28 heteroatoms. The Balaban J connectivity index is 0.000000145. The van der Waals surface area contributed by atoms with Gasteiger partial charge in [-0.05, 0) is 242 Å². The number of aryl methyl sites for hydroxylation is 10. The zero-order chi connectivity index (χ0) is 90.9. The summed E-state index contributed by atoms with van der Waals surface area (Å²) in [6.45, 7) is 24.0. The number of rotatable bonds is 22. The van der Waals surface area contributed by atoms with Crippen LogP contribution in [-0.4, -0.2) is 79.9 Å². The highest BCUT2D eigenvalue weighted by molar-refractivity contribution is 7.10. The second-order valence-corrected chi connectivity index (χ2v) is 34.2. The number of hydrogen-bond acceptors (Lipinski definition) is 13. The van der Waals surface area contributed by atoms with Crippen molar-refractivity contribution in [1.29, 1.82) is 0 Å². The van der Waals surface area contributed by atoms with Gasteiger partial charge in [0, 0.05) is 119 Å². The van der Waals surface area contributed by atoms with E-state index < -0.39 is 41.4 Å². The third-order valence-electron chi connectivity index (χ3n) is 21.7. The zero-order valence-corrected chi connectivity index (χ0v) is 75.8. The summed E-state index contributed by atoms with van der Waals surface area (Å²) in [5.74, 6) is -0.611. The third-order valence-corrected chi connectivity index (χ3v) is 23.5. The average molecular weight is 1810 g/mol. The van der Waals surface area contributed by atoms with Gasteiger partial charge in [-0.15, -0.1) is 11.3 Å². The quantitative estimate of drug-likeness (QED) is 0.0647. The van der Waals surface area contributed by atoms with Crippen LogP contribution in [0.3, 0.4) is 0 Å². The van der Waals surface area contributed by atoms with E-state index in [1.165, 1.54) is 80.8 Å². The summed E-state index contributed by atoms with van der Waals surface area (Å²) in [4.78, 5) is 70.8. The lowest BCUT2D eigenvalue weighted by Crippen LogP contribution is -2.30. The molecule has 7 aromatic carbocycles. The molecular formula is C99H93Cl4F3N12O8S. The Labute approximate surface area is 756 Å². The van der Waals surface area contributed by atoms with Crippen molar-refractivity contribution in [3.8, 4) is 45.7 Å². The van der Waals surface area contributed by atoms with Gasteiger partial charge in [0.2, 0.25) is 0 Å². The second kappa shape index (κ2) is 40.3. The van der Waals surface area contributed by atoms with Gasteiger partial charge in [-0.3, -0.25) is 19.2 Å². The van der Waals surface area contributed by atoms with Crippen molar-refractivity contribution >= 4 is 57.7 Å². The number of nitrogens with zero attached hydrogens (tertiary/aromatic N) is 12. The maximum absolute atomic E-state index is 14.1. The van der Waals surface area contributed by atoms with Gasteiger partial charge in [0.05, 0.1) is 106 Å². The molecule has 20 nitrogen and oxygen atoms in total. The minimum atomic E-state index is -0.674. The molecule has 0 amide bonds. The van der Waals surface area contributed by atoms with Crippen LogP contribution in [0.2, 0.25) is 20.1 Å². The van der Waals surface area contributed by atoms with Crippen molar-refractivity contribution in [1.82, 2.24) is 56.5 Å². The van der Waals surface area contributed by atoms with Crippen LogP contribution in [0.15, 0.2) is 263 Å². The standard InChI is InChI=1S/C26H26ClN3O2.C25H22ClF2N3O2.C25H23ClFN3O2.C23H22ClN3O2S/c1-17-4-7-21(8-5-17)25(15-31)30-14-23(27)12-22(26(30)32)11-20-6-9-24(18(2)10-20)29-13-19(3)28-16-29;1-14-7-20(5-6-23(14)30-11-15(2)29-13-30)33-24-10-19(26)12-31(25(24)32)17(4)18-8-21(27)16(3)22(28)9-18;1-15-7-19(10-21(27)8-15)18(4)30-13-20(26)11-24(25(30)31)32-22-5-6-23(16(2)9-22)29-12-17(3)28-14-29;1-15-8-17(5-6-20(15)26-11-16(2)25-14-26)9-18-10-19(24)12-27(23(18)29)21(13-28)22-4-3-7-30-22/h4-10,12-14,16,25,31H,11,15H2,1-3H3;5-13,17H,1-4H3;5-14,18H,1-4H3;3-8,10-12,14,21,28H,9,13H2,1-2H3/t25-;17-;18-;21-/m0000/s1. The van der Waals surface area contributed by atoms with E-state index in [-0.39, 0.29) is 57.8 Å². The maximum Gasteiger partial charge on any atom is 0.294 e. The van der Waals surface area contributed by atoms with Gasteiger partial charge in [-0.25, -0.2) is 33.1 Å².